The molecule has 0 spiro atoms. The number of hydrogen-bond donors (Lipinski definition) is 2. The quantitative estimate of drug-likeness (QED) is 0.839. The predicted octanol–water partition coefficient (Wildman–Crippen LogP) is 3.05. The lowest BCUT2D eigenvalue weighted by atomic mass is 10.1. The normalized spacial score (nSPS) is 14.3. The highest BCUT2D eigenvalue weighted by molar-refractivity contribution is 7.92. The molecule has 1 amide bonds. The van der Waals surface area contributed by atoms with Crippen LogP contribution >= 0.6 is 0 Å². The van der Waals surface area contributed by atoms with Crippen LogP contribution in [-0.2, 0) is 10.0 Å². The van der Waals surface area contributed by atoms with Gasteiger partial charge >= 0.3 is 0 Å². The van der Waals surface area contributed by atoms with Gasteiger partial charge in [0.25, 0.3) is 5.91 Å². The Hall–Kier alpha value is -2.61. The van der Waals surface area contributed by atoms with E-state index in [9.17, 15) is 17.6 Å². The van der Waals surface area contributed by atoms with Crippen LogP contribution in [0, 0.1) is 5.82 Å². The van der Waals surface area contributed by atoms with Crippen molar-refractivity contribution in [3.8, 4) is 0 Å². The van der Waals surface area contributed by atoms with Crippen molar-refractivity contribution in [2.45, 2.75) is 12.8 Å². The molecule has 0 saturated carbocycles. The third kappa shape index (κ3) is 4.32. The lowest BCUT2D eigenvalue weighted by Gasteiger charge is -2.22. The summed E-state index contributed by atoms with van der Waals surface area (Å²) in [7, 11) is -3.39. The zero-order chi connectivity index (χ0) is 18.7. The molecule has 3 rings (SSSR count). The molecule has 0 aliphatic carbocycles. The maximum absolute atomic E-state index is 14.3. The minimum absolute atomic E-state index is 0.165. The molecule has 2 aromatic carbocycles. The SMILES string of the molecule is CS(=O)(=O)Nc1ccc(C(=O)Nc2c(F)cccc2N2CCCC2)cc1. The molecule has 0 aromatic heterocycles. The maximum Gasteiger partial charge on any atom is 0.255 e. The Bertz CT molecular complexity index is 908. The Balaban J connectivity index is 1.80. The lowest BCUT2D eigenvalue weighted by Crippen LogP contribution is -2.22. The van der Waals surface area contributed by atoms with E-state index in [0.29, 0.717) is 16.9 Å². The molecular formula is C18H20FN3O3S. The van der Waals surface area contributed by atoms with Crippen LogP contribution in [-0.4, -0.2) is 33.7 Å². The van der Waals surface area contributed by atoms with Gasteiger partial charge in [0.15, 0.2) is 0 Å². The second-order valence-electron chi connectivity index (χ2n) is 6.23. The fourth-order valence-electron chi connectivity index (χ4n) is 2.95. The molecule has 138 valence electrons. The fraction of sp³-hybridized carbons (Fsp3) is 0.278. The first kappa shape index (κ1) is 18.2. The molecule has 0 bridgehead atoms. The summed E-state index contributed by atoms with van der Waals surface area (Å²) in [5.74, 6) is -0.945. The molecule has 1 saturated heterocycles. The maximum atomic E-state index is 14.3. The van der Waals surface area contributed by atoms with E-state index in [4.69, 9.17) is 0 Å². The number of benzene rings is 2. The number of carbonyl (C=O) groups is 1. The van der Waals surface area contributed by atoms with Crippen molar-refractivity contribution < 1.29 is 17.6 Å². The van der Waals surface area contributed by atoms with Gasteiger partial charge < -0.3 is 10.2 Å². The third-order valence-electron chi connectivity index (χ3n) is 4.13. The molecule has 0 atom stereocenters. The largest absolute Gasteiger partial charge is 0.370 e. The molecular weight excluding hydrogens is 357 g/mol. The zero-order valence-electron chi connectivity index (χ0n) is 14.3. The number of amides is 1. The van der Waals surface area contributed by atoms with Crippen LogP contribution in [0.5, 0.6) is 0 Å². The van der Waals surface area contributed by atoms with E-state index in [1.165, 1.54) is 30.3 Å². The van der Waals surface area contributed by atoms with Crippen LogP contribution in [0.4, 0.5) is 21.5 Å². The van der Waals surface area contributed by atoms with Crippen LogP contribution in [0.3, 0.4) is 0 Å². The van der Waals surface area contributed by atoms with E-state index in [1.54, 1.807) is 12.1 Å². The number of hydrogen-bond acceptors (Lipinski definition) is 4. The second-order valence-corrected chi connectivity index (χ2v) is 7.98. The van der Waals surface area contributed by atoms with Crippen molar-refractivity contribution in [3.05, 3.63) is 53.8 Å². The van der Waals surface area contributed by atoms with Crippen LogP contribution < -0.4 is 14.9 Å². The van der Waals surface area contributed by atoms with E-state index in [1.807, 2.05) is 0 Å². The Labute approximate surface area is 152 Å². The van der Waals surface area contributed by atoms with Crippen molar-refractivity contribution >= 4 is 33.0 Å². The smallest absolute Gasteiger partial charge is 0.255 e. The van der Waals surface area contributed by atoms with Crippen molar-refractivity contribution in [3.63, 3.8) is 0 Å². The number of sulfonamides is 1. The van der Waals surface area contributed by atoms with Crippen molar-refractivity contribution in [1.29, 1.82) is 0 Å². The first-order chi connectivity index (χ1) is 12.3. The number of halogens is 1. The van der Waals surface area contributed by atoms with Gasteiger partial charge in [-0.2, -0.15) is 0 Å². The van der Waals surface area contributed by atoms with E-state index in [0.717, 1.165) is 32.2 Å². The molecule has 2 aromatic rings. The minimum atomic E-state index is -3.39. The minimum Gasteiger partial charge on any atom is -0.370 e. The predicted molar refractivity (Wildman–Crippen MR) is 101 cm³/mol. The molecule has 1 aliphatic rings. The summed E-state index contributed by atoms with van der Waals surface area (Å²) < 4.78 is 39.1. The van der Waals surface area contributed by atoms with Gasteiger partial charge in [-0.3, -0.25) is 9.52 Å². The van der Waals surface area contributed by atoms with Gasteiger partial charge in [0.05, 0.1) is 11.9 Å². The van der Waals surface area contributed by atoms with E-state index in [2.05, 4.69) is 14.9 Å². The number of nitrogens with one attached hydrogen (secondary N) is 2. The summed E-state index contributed by atoms with van der Waals surface area (Å²) >= 11 is 0. The molecule has 1 aliphatic heterocycles. The Morgan fingerprint density at radius 3 is 2.35 bits per heavy atom. The summed E-state index contributed by atoms with van der Waals surface area (Å²) in [6, 6.07) is 10.7. The average molecular weight is 377 g/mol. The highest BCUT2D eigenvalue weighted by Crippen LogP contribution is 2.31. The molecule has 8 heteroatoms. The molecule has 2 N–H and O–H groups in total. The van der Waals surface area contributed by atoms with Crippen LogP contribution in [0.2, 0.25) is 0 Å². The van der Waals surface area contributed by atoms with Gasteiger partial charge in [-0.1, -0.05) is 6.07 Å². The van der Waals surface area contributed by atoms with Crippen LogP contribution in [0.15, 0.2) is 42.5 Å². The number of anilines is 3. The van der Waals surface area contributed by atoms with Gasteiger partial charge in [-0.05, 0) is 49.2 Å². The van der Waals surface area contributed by atoms with Gasteiger partial charge in [-0.15, -0.1) is 0 Å². The van der Waals surface area contributed by atoms with E-state index < -0.39 is 21.7 Å². The number of nitrogens with zero attached hydrogens (tertiary/aromatic N) is 1. The highest BCUT2D eigenvalue weighted by atomic mass is 32.2. The standard InChI is InChI=1S/C18H20FN3O3S/c1-26(24,25)21-14-9-7-13(8-10-14)18(23)20-17-15(19)5-4-6-16(17)22-11-2-3-12-22/h4-10,21H,2-3,11-12H2,1H3,(H,20,23). The lowest BCUT2D eigenvalue weighted by molar-refractivity contribution is 0.102. The third-order valence-corrected chi connectivity index (χ3v) is 4.73. The van der Waals surface area contributed by atoms with Crippen molar-refractivity contribution in [2.24, 2.45) is 0 Å². The molecule has 0 radical (unpaired) electrons. The summed E-state index contributed by atoms with van der Waals surface area (Å²) in [4.78, 5) is 14.5. The number of rotatable bonds is 5. The Kier molecular flexibility index (Phi) is 5.13. The van der Waals surface area contributed by atoms with E-state index >= 15 is 0 Å². The fourth-order valence-corrected chi connectivity index (χ4v) is 3.51. The molecule has 6 nitrogen and oxygen atoms in total. The second kappa shape index (κ2) is 7.33. The van der Waals surface area contributed by atoms with Gasteiger partial charge in [0.2, 0.25) is 10.0 Å². The molecule has 1 fully saturated rings. The average Bonchev–Trinajstić information content (AvgIpc) is 3.10. The summed E-state index contributed by atoms with van der Waals surface area (Å²) in [6.45, 7) is 1.66. The molecule has 0 unspecified atom stereocenters. The summed E-state index contributed by atoms with van der Waals surface area (Å²) in [6.07, 6.45) is 3.13. The van der Waals surface area contributed by atoms with Gasteiger partial charge in [0, 0.05) is 24.3 Å². The first-order valence-corrected chi connectivity index (χ1v) is 10.2. The van der Waals surface area contributed by atoms with Gasteiger partial charge in [-0.25, -0.2) is 12.8 Å². The van der Waals surface area contributed by atoms with Crippen molar-refractivity contribution in [2.75, 3.05) is 34.3 Å². The van der Waals surface area contributed by atoms with Crippen LogP contribution in [0.1, 0.15) is 23.2 Å². The zero-order valence-corrected chi connectivity index (χ0v) is 15.1. The summed E-state index contributed by atoms with van der Waals surface area (Å²) in [5, 5.41) is 2.65. The summed E-state index contributed by atoms with van der Waals surface area (Å²) in [5.41, 5.74) is 1.50. The van der Waals surface area contributed by atoms with E-state index in [-0.39, 0.29) is 5.69 Å². The number of carbonyl (C=O) groups excluding carboxylic acids is 1. The number of para-hydroxylation sites is 1. The van der Waals surface area contributed by atoms with Crippen molar-refractivity contribution in [1.82, 2.24) is 0 Å². The monoisotopic (exact) mass is 377 g/mol. The molecule has 26 heavy (non-hydrogen) atoms. The molecule has 1 heterocycles. The Morgan fingerprint density at radius 1 is 1.08 bits per heavy atom. The van der Waals surface area contributed by atoms with Gasteiger partial charge in [0.1, 0.15) is 11.5 Å². The highest BCUT2D eigenvalue weighted by Gasteiger charge is 2.20. The Morgan fingerprint density at radius 2 is 1.73 bits per heavy atom. The first-order valence-electron chi connectivity index (χ1n) is 8.26. The topological polar surface area (TPSA) is 78.5 Å². The van der Waals surface area contributed by atoms with Crippen LogP contribution in [0.25, 0.3) is 0 Å².